The van der Waals surface area contributed by atoms with Gasteiger partial charge in [0.05, 0.1) is 0 Å². The van der Waals surface area contributed by atoms with Crippen molar-refractivity contribution in [1.82, 2.24) is 4.31 Å². The van der Waals surface area contributed by atoms with Crippen molar-refractivity contribution in [1.29, 1.82) is 0 Å². The molecule has 0 aliphatic rings. The fourth-order valence-electron chi connectivity index (χ4n) is 0.521. The van der Waals surface area contributed by atoms with Crippen molar-refractivity contribution >= 4 is 22.2 Å². The Morgan fingerprint density at radius 3 is 1.54 bits per heavy atom. The Morgan fingerprint density at radius 2 is 1.38 bits per heavy atom. The Labute approximate surface area is 73.3 Å². The summed E-state index contributed by atoms with van der Waals surface area (Å²) in [6, 6.07) is 0. The molecule has 0 aromatic heterocycles. The van der Waals surface area contributed by atoms with Crippen LogP contribution in [-0.2, 0) is 19.9 Å². The van der Waals surface area contributed by atoms with Crippen LogP contribution >= 0.6 is 0 Å². The van der Waals surface area contributed by atoms with Gasteiger partial charge in [0.1, 0.15) is 13.1 Å². The molecular weight excluding hydrogens is 206 g/mol. The van der Waals surface area contributed by atoms with Gasteiger partial charge in [0, 0.05) is 0 Å². The lowest BCUT2D eigenvalue weighted by Gasteiger charge is -2.12. The highest BCUT2D eigenvalue weighted by Gasteiger charge is 2.24. The maximum Gasteiger partial charge on any atom is 0.336 e. The molecule has 0 atom stereocenters. The molecule has 76 valence electrons. The number of hydrogen-bond donors (Lipinski definition) is 3. The summed E-state index contributed by atoms with van der Waals surface area (Å²) in [6.45, 7) is -2.18. The lowest BCUT2D eigenvalue weighted by Crippen LogP contribution is -2.38. The van der Waals surface area contributed by atoms with Gasteiger partial charge < -0.3 is 10.2 Å². The van der Waals surface area contributed by atoms with E-state index in [1.54, 1.807) is 0 Å². The van der Waals surface area contributed by atoms with Gasteiger partial charge in [-0.1, -0.05) is 0 Å². The number of carboxylic acids is 2. The monoisotopic (exact) mass is 213 g/mol. The molecule has 0 unspecified atom stereocenters. The van der Waals surface area contributed by atoms with Gasteiger partial charge in [0.2, 0.25) is 0 Å². The van der Waals surface area contributed by atoms with Crippen molar-refractivity contribution in [2.24, 2.45) is 0 Å². The standard InChI is InChI=1S/C4H7NO7S/c6-3(7)1-5(2-4(8)9)13(10,11)12/h1-2H2,(H,6,7)(H,8,9)(H,10,11,12). The van der Waals surface area contributed by atoms with E-state index in [4.69, 9.17) is 14.8 Å². The second-order valence-electron chi connectivity index (χ2n) is 2.03. The van der Waals surface area contributed by atoms with E-state index in [0.717, 1.165) is 0 Å². The van der Waals surface area contributed by atoms with Crippen LogP contribution in [0.3, 0.4) is 0 Å². The van der Waals surface area contributed by atoms with Gasteiger partial charge in [0.15, 0.2) is 0 Å². The van der Waals surface area contributed by atoms with Crippen LogP contribution in [0.4, 0.5) is 0 Å². The van der Waals surface area contributed by atoms with Crippen LogP contribution < -0.4 is 0 Å². The molecule has 0 saturated heterocycles. The lowest BCUT2D eigenvalue weighted by atomic mass is 10.6. The zero-order chi connectivity index (χ0) is 10.6. The van der Waals surface area contributed by atoms with E-state index in [0.29, 0.717) is 0 Å². The molecule has 0 fully saturated rings. The maximum absolute atomic E-state index is 10.4. The van der Waals surface area contributed by atoms with Gasteiger partial charge >= 0.3 is 22.2 Å². The molecule has 0 amide bonds. The Bertz CT molecular complexity index is 290. The Kier molecular flexibility index (Phi) is 3.78. The molecule has 0 radical (unpaired) electrons. The van der Waals surface area contributed by atoms with Crippen LogP contribution in [0.2, 0.25) is 0 Å². The number of aliphatic carboxylic acids is 2. The first-order valence-electron chi connectivity index (χ1n) is 2.89. The summed E-state index contributed by atoms with van der Waals surface area (Å²) in [7, 11) is -4.78. The molecule has 0 heterocycles. The summed E-state index contributed by atoms with van der Waals surface area (Å²) in [4.78, 5) is 20.1. The highest BCUT2D eigenvalue weighted by molar-refractivity contribution is 7.83. The summed E-state index contributed by atoms with van der Waals surface area (Å²) in [5, 5.41) is 16.3. The minimum absolute atomic E-state index is 0.0856. The van der Waals surface area contributed by atoms with Gasteiger partial charge in [-0.05, 0) is 0 Å². The van der Waals surface area contributed by atoms with Crippen molar-refractivity contribution in [2.75, 3.05) is 13.1 Å². The van der Waals surface area contributed by atoms with Crippen LogP contribution in [-0.4, -0.2) is 52.5 Å². The van der Waals surface area contributed by atoms with E-state index in [9.17, 15) is 18.0 Å². The first-order chi connectivity index (χ1) is 5.73. The molecule has 8 nitrogen and oxygen atoms in total. The summed E-state index contributed by atoms with van der Waals surface area (Å²) < 4.78 is 29.0. The van der Waals surface area contributed by atoms with Crippen LogP contribution in [0.1, 0.15) is 0 Å². The SMILES string of the molecule is O=C(O)CN(CC(=O)O)S(=O)(=O)O. The average Bonchev–Trinajstić information content (AvgIpc) is 1.81. The van der Waals surface area contributed by atoms with E-state index in [1.807, 2.05) is 0 Å². The highest BCUT2D eigenvalue weighted by atomic mass is 32.2. The van der Waals surface area contributed by atoms with E-state index >= 15 is 0 Å². The third kappa shape index (κ3) is 5.11. The molecule has 0 aliphatic carbocycles. The lowest BCUT2D eigenvalue weighted by molar-refractivity contribution is -0.139. The summed E-state index contributed by atoms with van der Waals surface area (Å²) in [6.07, 6.45) is 0. The molecular formula is C4H7NO7S. The molecule has 0 rings (SSSR count). The third-order valence-electron chi connectivity index (χ3n) is 0.950. The van der Waals surface area contributed by atoms with Crippen LogP contribution in [0, 0.1) is 0 Å². The first kappa shape index (κ1) is 11.8. The Balaban J connectivity index is 4.57. The number of carboxylic acid groups (broad SMARTS) is 2. The molecule has 13 heavy (non-hydrogen) atoms. The highest BCUT2D eigenvalue weighted by Crippen LogP contribution is 1.95. The zero-order valence-electron chi connectivity index (χ0n) is 6.24. The van der Waals surface area contributed by atoms with Crippen LogP contribution in [0.25, 0.3) is 0 Å². The van der Waals surface area contributed by atoms with Crippen LogP contribution in [0.15, 0.2) is 0 Å². The average molecular weight is 213 g/mol. The largest absolute Gasteiger partial charge is 0.480 e. The minimum atomic E-state index is -4.78. The van der Waals surface area contributed by atoms with Gasteiger partial charge in [-0.3, -0.25) is 14.1 Å². The van der Waals surface area contributed by atoms with Crippen molar-refractivity contribution in [2.45, 2.75) is 0 Å². The predicted molar refractivity (Wildman–Crippen MR) is 38.4 cm³/mol. The maximum atomic E-state index is 10.4. The van der Waals surface area contributed by atoms with Crippen LogP contribution in [0.5, 0.6) is 0 Å². The number of rotatable bonds is 5. The van der Waals surface area contributed by atoms with Gasteiger partial charge in [-0.25, -0.2) is 0 Å². The number of nitrogens with zero attached hydrogens (tertiary/aromatic N) is 1. The molecule has 0 aliphatic heterocycles. The number of carbonyl (C=O) groups is 2. The smallest absolute Gasteiger partial charge is 0.336 e. The molecule has 3 N–H and O–H groups in total. The summed E-state index contributed by atoms with van der Waals surface area (Å²) in [5.74, 6) is -3.11. The Morgan fingerprint density at radius 1 is 1.08 bits per heavy atom. The van der Waals surface area contributed by atoms with Gasteiger partial charge in [-0.2, -0.15) is 12.7 Å². The van der Waals surface area contributed by atoms with Crippen molar-refractivity contribution in [3.05, 3.63) is 0 Å². The van der Waals surface area contributed by atoms with Crippen molar-refractivity contribution < 1.29 is 32.8 Å². The van der Waals surface area contributed by atoms with E-state index in [-0.39, 0.29) is 4.31 Å². The molecule has 0 aromatic carbocycles. The normalized spacial score (nSPS) is 11.5. The molecule has 9 heteroatoms. The topological polar surface area (TPSA) is 132 Å². The Hall–Kier alpha value is -1.19. The quantitative estimate of drug-likeness (QED) is 0.461. The fourth-order valence-corrected chi connectivity index (χ4v) is 1.07. The fraction of sp³-hybridized carbons (Fsp3) is 0.500. The van der Waals surface area contributed by atoms with E-state index in [1.165, 1.54) is 0 Å². The summed E-state index contributed by atoms with van der Waals surface area (Å²) >= 11 is 0. The number of hydrogen-bond acceptors (Lipinski definition) is 4. The second kappa shape index (κ2) is 4.16. The zero-order valence-corrected chi connectivity index (χ0v) is 7.06. The first-order valence-corrected chi connectivity index (χ1v) is 4.29. The molecule has 0 spiro atoms. The molecule has 0 saturated carbocycles. The molecule has 0 bridgehead atoms. The van der Waals surface area contributed by atoms with Crippen molar-refractivity contribution in [3.63, 3.8) is 0 Å². The predicted octanol–water partition coefficient (Wildman–Crippen LogP) is -1.74. The van der Waals surface area contributed by atoms with Gasteiger partial charge in [0.25, 0.3) is 0 Å². The van der Waals surface area contributed by atoms with E-state index in [2.05, 4.69) is 0 Å². The second-order valence-corrected chi connectivity index (χ2v) is 3.45. The summed E-state index contributed by atoms with van der Waals surface area (Å²) in [5.41, 5.74) is 0. The molecule has 0 aromatic rings. The van der Waals surface area contributed by atoms with Crippen molar-refractivity contribution in [3.8, 4) is 0 Å². The van der Waals surface area contributed by atoms with E-state index < -0.39 is 35.3 Å². The third-order valence-corrected chi connectivity index (χ3v) is 1.86. The minimum Gasteiger partial charge on any atom is -0.480 e. The van der Waals surface area contributed by atoms with Gasteiger partial charge in [-0.15, -0.1) is 0 Å².